The Bertz CT molecular complexity index is 502. The Balaban J connectivity index is 1.60. The first-order chi connectivity index (χ1) is 10.7. The number of hydrogen-bond donors (Lipinski definition) is 1. The van der Waals surface area contributed by atoms with E-state index in [4.69, 9.17) is 4.74 Å². The van der Waals surface area contributed by atoms with Gasteiger partial charge in [0.1, 0.15) is 0 Å². The molecular weight excluding hydrogens is 280 g/mol. The van der Waals surface area contributed by atoms with E-state index in [-0.39, 0.29) is 11.3 Å². The van der Waals surface area contributed by atoms with Crippen LogP contribution in [0, 0.1) is 5.41 Å². The van der Waals surface area contributed by atoms with E-state index in [2.05, 4.69) is 15.3 Å². The van der Waals surface area contributed by atoms with Crippen molar-refractivity contribution in [2.45, 2.75) is 25.7 Å². The zero-order valence-electron chi connectivity index (χ0n) is 13.4. The summed E-state index contributed by atoms with van der Waals surface area (Å²) in [4.78, 5) is 14.8. The number of nitrogens with one attached hydrogen (secondary N) is 1. The number of likely N-dealkylation sites (tertiary alicyclic amines) is 1. The van der Waals surface area contributed by atoms with E-state index in [1.807, 2.05) is 7.05 Å². The highest BCUT2D eigenvalue weighted by molar-refractivity contribution is 5.93. The molecule has 2 aliphatic rings. The zero-order chi connectivity index (χ0) is 15.4. The van der Waals surface area contributed by atoms with Gasteiger partial charge in [0, 0.05) is 45.0 Å². The van der Waals surface area contributed by atoms with Gasteiger partial charge in [0.25, 0.3) is 5.91 Å². The van der Waals surface area contributed by atoms with Crippen LogP contribution < -0.4 is 5.32 Å². The van der Waals surface area contributed by atoms with Crippen LogP contribution in [0.3, 0.4) is 0 Å². The second-order valence-electron chi connectivity index (χ2n) is 6.68. The van der Waals surface area contributed by atoms with Gasteiger partial charge in [0.15, 0.2) is 0 Å². The van der Waals surface area contributed by atoms with Gasteiger partial charge in [-0.3, -0.25) is 9.48 Å². The van der Waals surface area contributed by atoms with Crippen molar-refractivity contribution >= 4 is 5.91 Å². The summed E-state index contributed by atoms with van der Waals surface area (Å²) in [6, 6.07) is 0. The lowest BCUT2D eigenvalue weighted by molar-refractivity contribution is -0.000629. The molecule has 0 bridgehead atoms. The summed E-state index contributed by atoms with van der Waals surface area (Å²) in [6.07, 6.45) is 8.02. The molecule has 0 radical (unpaired) electrons. The SMILES string of the molecule is Cn1cc(C(=O)NCC2(CN3CCCC3)CCOCC2)cn1. The Morgan fingerprint density at radius 2 is 2.09 bits per heavy atom. The third-order valence-corrected chi connectivity index (χ3v) is 4.90. The van der Waals surface area contributed by atoms with Crippen LogP contribution in [0.1, 0.15) is 36.0 Å². The Kier molecular flexibility index (Phi) is 4.78. The Morgan fingerprint density at radius 1 is 1.36 bits per heavy atom. The van der Waals surface area contributed by atoms with Gasteiger partial charge in [-0.1, -0.05) is 0 Å². The van der Waals surface area contributed by atoms with Crippen LogP contribution in [-0.2, 0) is 11.8 Å². The van der Waals surface area contributed by atoms with Crippen LogP contribution in [0.5, 0.6) is 0 Å². The monoisotopic (exact) mass is 306 g/mol. The predicted molar refractivity (Wildman–Crippen MR) is 83.7 cm³/mol. The molecule has 2 aliphatic heterocycles. The molecule has 0 atom stereocenters. The van der Waals surface area contributed by atoms with Crippen molar-refractivity contribution in [3.8, 4) is 0 Å². The Hall–Kier alpha value is -1.40. The van der Waals surface area contributed by atoms with E-state index in [1.54, 1.807) is 17.1 Å². The fourth-order valence-electron chi connectivity index (χ4n) is 3.52. The van der Waals surface area contributed by atoms with Crippen LogP contribution in [0.2, 0.25) is 0 Å². The molecule has 1 amide bonds. The fourth-order valence-corrected chi connectivity index (χ4v) is 3.52. The van der Waals surface area contributed by atoms with Crippen molar-refractivity contribution in [1.29, 1.82) is 0 Å². The first-order valence-electron chi connectivity index (χ1n) is 8.24. The van der Waals surface area contributed by atoms with Crippen molar-refractivity contribution in [2.24, 2.45) is 12.5 Å². The van der Waals surface area contributed by atoms with Crippen LogP contribution in [0.25, 0.3) is 0 Å². The highest BCUT2D eigenvalue weighted by atomic mass is 16.5. The van der Waals surface area contributed by atoms with Gasteiger partial charge in [-0.2, -0.15) is 5.10 Å². The topological polar surface area (TPSA) is 59.4 Å². The molecule has 2 fully saturated rings. The molecule has 1 aromatic heterocycles. The summed E-state index contributed by atoms with van der Waals surface area (Å²) in [5.41, 5.74) is 0.784. The van der Waals surface area contributed by atoms with Gasteiger partial charge >= 0.3 is 0 Å². The molecule has 22 heavy (non-hydrogen) atoms. The van der Waals surface area contributed by atoms with Gasteiger partial charge in [0.05, 0.1) is 11.8 Å². The first kappa shape index (κ1) is 15.5. The molecule has 0 unspecified atom stereocenters. The molecule has 6 heteroatoms. The second-order valence-corrected chi connectivity index (χ2v) is 6.68. The van der Waals surface area contributed by atoms with E-state index in [0.29, 0.717) is 5.56 Å². The quantitative estimate of drug-likeness (QED) is 0.883. The van der Waals surface area contributed by atoms with Crippen molar-refractivity contribution in [3.05, 3.63) is 18.0 Å². The largest absolute Gasteiger partial charge is 0.381 e. The maximum atomic E-state index is 12.3. The molecule has 3 heterocycles. The molecule has 6 nitrogen and oxygen atoms in total. The lowest BCUT2D eigenvalue weighted by atomic mass is 9.79. The number of carbonyl (C=O) groups excluding carboxylic acids is 1. The molecule has 0 aromatic carbocycles. The van der Waals surface area contributed by atoms with Gasteiger partial charge in [-0.25, -0.2) is 0 Å². The van der Waals surface area contributed by atoms with Crippen molar-refractivity contribution in [3.63, 3.8) is 0 Å². The minimum absolute atomic E-state index is 0.0274. The van der Waals surface area contributed by atoms with E-state index >= 15 is 0 Å². The number of ether oxygens (including phenoxy) is 1. The Morgan fingerprint density at radius 3 is 2.73 bits per heavy atom. The standard InChI is InChI=1S/C16H26N4O2/c1-19-11-14(10-18-19)15(21)17-12-16(4-8-22-9-5-16)13-20-6-2-3-7-20/h10-11H,2-9,12-13H2,1H3,(H,17,21). The molecule has 2 saturated heterocycles. The van der Waals surface area contributed by atoms with Crippen LogP contribution in [0.15, 0.2) is 12.4 Å². The zero-order valence-corrected chi connectivity index (χ0v) is 13.4. The van der Waals surface area contributed by atoms with Crippen molar-refractivity contribution in [1.82, 2.24) is 20.0 Å². The molecule has 1 N–H and O–H groups in total. The summed E-state index contributed by atoms with van der Waals surface area (Å²) >= 11 is 0. The summed E-state index contributed by atoms with van der Waals surface area (Å²) in [6.45, 7) is 5.79. The van der Waals surface area contributed by atoms with E-state index in [9.17, 15) is 4.79 Å². The maximum Gasteiger partial charge on any atom is 0.254 e. The minimum Gasteiger partial charge on any atom is -0.381 e. The van der Waals surface area contributed by atoms with Crippen LogP contribution >= 0.6 is 0 Å². The molecular formula is C16H26N4O2. The molecule has 0 spiro atoms. The lowest BCUT2D eigenvalue weighted by Crippen LogP contribution is -2.48. The minimum atomic E-state index is -0.0274. The van der Waals surface area contributed by atoms with E-state index in [1.165, 1.54) is 25.9 Å². The number of aromatic nitrogens is 2. The van der Waals surface area contributed by atoms with Gasteiger partial charge in [-0.05, 0) is 38.8 Å². The first-order valence-corrected chi connectivity index (χ1v) is 8.24. The number of aryl methyl sites for hydroxylation is 1. The molecule has 0 aliphatic carbocycles. The second kappa shape index (κ2) is 6.79. The van der Waals surface area contributed by atoms with Crippen molar-refractivity contribution in [2.75, 3.05) is 39.4 Å². The van der Waals surface area contributed by atoms with Gasteiger partial charge in [0.2, 0.25) is 0 Å². The smallest absolute Gasteiger partial charge is 0.254 e. The normalized spacial score (nSPS) is 21.9. The van der Waals surface area contributed by atoms with Crippen molar-refractivity contribution < 1.29 is 9.53 Å². The predicted octanol–water partition coefficient (Wildman–Crippen LogP) is 1.04. The third-order valence-electron chi connectivity index (χ3n) is 4.90. The van der Waals surface area contributed by atoms with E-state index < -0.39 is 0 Å². The summed E-state index contributed by atoms with van der Waals surface area (Å²) in [5, 5.41) is 7.18. The summed E-state index contributed by atoms with van der Waals surface area (Å²) in [7, 11) is 1.82. The number of nitrogens with zero attached hydrogens (tertiary/aromatic N) is 3. The highest BCUT2D eigenvalue weighted by Crippen LogP contribution is 2.32. The summed E-state index contributed by atoms with van der Waals surface area (Å²) < 4.78 is 7.20. The average Bonchev–Trinajstić information content (AvgIpc) is 3.17. The van der Waals surface area contributed by atoms with Gasteiger partial charge in [-0.15, -0.1) is 0 Å². The van der Waals surface area contributed by atoms with E-state index in [0.717, 1.165) is 39.1 Å². The van der Waals surface area contributed by atoms with Crippen LogP contribution in [0.4, 0.5) is 0 Å². The Labute approximate surface area is 131 Å². The fraction of sp³-hybridized carbons (Fsp3) is 0.750. The number of carbonyl (C=O) groups is 1. The van der Waals surface area contributed by atoms with Crippen LogP contribution in [-0.4, -0.2) is 60.0 Å². The number of hydrogen-bond acceptors (Lipinski definition) is 4. The summed E-state index contributed by atoms with van der Waals surface area (Å²) in [5.74, 6) is -0.0274. The molecule has 122 valence electrons. The maximum absolute atomic E-state index is 12.3. The lowest BCUT2D eigenvalue weighted by Gasteiger charge is -2.40. The average molecular weight is 306 g/mol. The molecule has 0 saturated carbocycles. The molecule has 3 rings (SSSR count). The number of amides is 1. The highest BCUT2D eigenvalue weighted by Gasteiger charge is 2.35. The van der Waals surface area contributed by atoms with Gasteiger partial charge < -0.3 is 15.0 Å². The number of rotatable bonds is 5. The third kappa shape index (κ3) is 3.67. The molecule has 1 aromatic rings.